The molecule has 0 spiro atoms. The van der Waals surface area contributed by atoms with E-state index in [4.69, 9.17) is 18.9 Å². The Kier molecular flexibility index (Phi) is 12.6. The maximum atomic E-state index is 14.2. The van der Waals surface area contributed by atoms with E-state index >= 15 is 0 Å². The number of hydrogen-bond donors (Lipinski definition) is 4. The predicted molar refractivity (Wildman–Crippen MR) is 218 cm³/mol. The number of aliphatic hydroxyl groups is 3. The third kappa shape index (κ3) is 8.26. The zero-order valence-corrected chi connectivity index (χ0v) is 34.6. The number of carbonyl (C=O) groups is 5. The Morgan fingerprint density at radius 3 is 1.92 bits per heavy atom. The molecule has 2 fully saturated rings. The Hall–Kier alpha value is -5.63. The van der Waals surface area contributed by atoms with E-state index in [0.717, 1.165) is 0 Å². The van der Waals surface area contributed by atoms with E-state index in [0.29, 0.717) is 27.8 Å². The van der Waals surface area contributed by atoms with Crippen LogP contribution in [0.3, 0.4) is 0 Å². The van der Waals surface area contributed by atoms with Gasteiger partial charge in [-0.2, -0.15) is 0 Å². The van der Waals surface area contributed by atoms with Crippen molar-refractivity contribution in [3.63, 3.8) is 0 Å². The van der Waals surface area contributed by atoms with Crippen LogP contribution in [0.25, 0.3) is 0 Å². The van der Waals surface area contributed by atoms with Gasteiger partial charge >= 0.3 is 23.9 Å². The summed E-state index contributed by atoms with van der Waals surface area (Å²) in [5.74, 6) is -4.67. The number of fused-ring (bicyclic) bond motifs is 2. The first-order valence-corrected chi connectivity index (χ1v) is 20.0. The Morgan fingerprint density at radius 1 is 0.817 bits per heavy atom. The quantitative estimate of drug-likeness (QED) is 0.110. The lowest BCUT2D eigenvalue weighted by molar-refractivity contribution is -0.195. The highest BCUT2D eigenvalue weighted by Crippen LogP contribution is 2.65. The molecule has 3 aromatic rings. The average Bonchev–Trinajstić information content (AvgIpc) is 3.45. The molecule has 0 saturated heterocycles. The van der Waals surface area contributed by atoms with Crippen LogP contribution >= 0.6 is 0 Å². The molecule has 318 valence electrons. The van der Waals surface area contributed by atoms with Crippen LogP contribution in [0.15, 0.2) is 114 Å². The van der Waals surface area contributed by atoms with E-state index in [9.17, 15) is 39.3 Å². The van der Waals surface area contributed by atoms with Crippen molar-refractivity contribution in [2.45, 2.75) is 109 Å². The van der Waals surface area contributed by atoms with Crippen molar-refractivity contribution in [1.82, 2.24) is 5.32 Å². The summed E-state index contributed by atoms with van der Waals surface area (Å²) in [6.45, 7) is 13.2. The molecule has 60 heavy (non-hydrogen) atoms. The molecule has 2 saturated carbocycles. The Balaban J connectivity index is 1.49. The van der Waals surface area contributed by atoms with Crippen LogP contribution in [0.2, 0.25) is 0 Å². The molecule has 0 radical (unpaired) electrons. The van der Waals surface area contributed by atoms with Gasteiger partial charge < -0.3 is 39.6 Å². The van der Waals surface area contributed by atoms with Crippen molar-refractivity contribution >= 4 is 29.8 Å². The summed E-state index contributed by atoms with van der Waals surface area (Å²) in [4.78, 5) is 67.6. The average molecular weight is 824 g/mol. The molecule has 6 rings (SSSR count). The summed E-state index contributed by atoms with van der Waals surface area (Å²) >= 11 is 0. The minimum Gasteiger partial charge on any atom is -0.462 e. The van der Waals surface area contributed by atoms with Crippen LogP contribution in [-0.2, 0) is 33.3 Å². The van der Waals surface area contributed by atoms with Crippen molar-refractivity contribution in [3.05, 3.63) is 131 Å². The van der Waals surface area contributed by atoms with Crippen molar-refractivity contribution < 1.29 is 58.2 Å². The van der Waals surface area contributed by atoms with Gasteiger partial charge in [0, 0.05) is 37.7 Å². The fourth-order valence-electron chi connectivity index (χ4n) is 9.59. The summed E-state index contributed by atoms with van der Waals surface area (Å²) in [7, 11) is 0. The number of esters is 4. The highest BCUT2D eigenvalue weighted by Gasteiger charge is 2.69. The fraction of sp³-hybridized carbons (Fsp3) is 0.426. The van der Waals surface area contributed by atoms with Crippen molar-refractivity contribution in [2.75, 3.05) is 0 Å². The molecule has 0 unspecified atom stereocenters. The SMILES string of the molecule is C=C1[C@H]2C[C@]3(C(C)(C)O)C[C@H](OC(=O)[C@H](O)[C@@H](NC(=O)c4ccccc4)c4ccccc4)C(C)=C3[C@@H](OC(=O)c3ccccc3)[C@H](OC(C)=O)[C@]2(C)[C@@H](OC(C)=O)C[C@@H]1O. The van der Waals surface area contributed by atoms with Gasteiger partial charge in [0.2, 0.25) is 0 Å². The lowest BCUT2D eigenvalue weighted by Crippen LogP contribution is -2.60. The first kappa shape index (κ1) is 43.9. The topological polar surface area (TPSA) is 195 Å². The summed E-state index contributed by atoms with van der Waals surface area (Å²) in [6, 6.07) is 23.7. The van der Waals surface area contributed by atoms with Crippen LogP contribution in [-0.4, -0.2) is 87.3 Å². The van der Waals surface area contributed by atoms with Gasteiger partial charge in [-0.3, -0.25) is 14.4 Å². The van der Waals surface area contributed by atoms with E-state index in [1.807, 2.05) is 0 Å². The molecular weight excluding hydrogens is 771 g/mol. The van der Waals surface area contributed by atoms with Crippen LogP contribution < -0.4 is 5.32 Å². The number of hydrogen-bond acceptors (Lipinski definition) is 12. The first-order chi connectivity index (χ1) is 28.3. The van der Waals surface area contributed by atoms with Crippen molar-refractivity contribution in [3.8, 4) is 0 Å². The third-order valence-electron chi connectivity index (χ3n) is 12.8. The molecule has 0 aromatic heterocycles. The zero-order chi connectivity index (χ0) is 43.7. The summed E-state index contributed by atoms with van der Waals surface area (Å²) in [6.07, 6.45) is -8.41. The van der Waals surface area contributed by atoms with Gasteiger partial charge in [-0.25, -0.2) is 9.59 Å². The van der Waals surface area contributed by atoms with E-state index in [1.54, 1.807) is 119 Å². The number of ether oxygens (including phenoxy) is 4. The molecule has 10 atom stereocenters. The molecule has 3 aliphatic carbocycles. The number of rotatable bonds is 11. The summed E-state index contributed by atoms with van der Waals surface area (Å²) in [5.41, 5.74) is -2.66. The number of benzene rings is 3. The number of carbonyl (C=O) groups excluding carboxylic acids is 5. The Morgan fingerprint density at radius 2 is 1.37 bits per heavy atom. The van der Waals surface area contributed by atoms with E-state index < -0.39 is 94.8 Å². The van der Waals surface area contributed by atoms with Crippen LogP contribution in [0.5, 0.6) is 0 Å². The lowest BCUT2D eigenvalue weighted by Gasteiger charge is -2.53. The van der Waals surface area contributed by atoms with Crippen molar-refractivity contribution in [2.24, 2.45) is 16.7 Å². The maximum absolute atomic E-state index is 14.2. The first-order valence-electron chi connectivity index (χ1n) is 20.0. The number of aliphatic hydroxyl groups excluding tert-OH is 2. The largest absolute Gasteiger partial charge is 0.462 e. The van der Waals surface area contributed by atoms with Gasteiger partial charge in [-0.05, 0) is 79.7 Å². The normalized spacial score (nSPS) is 28.5. The van der Waals surface area contributed by atoms with E-state index in [-0.39, 0.29) is 24.8 Å². The smallest absolute Gasteiger partial charge is 0.338 e. The van der Waals surface area contributed by atoms with E-state index in [2.05, 4.69) is 11.9 Å². The molecule has 3 aromatic carbocycles. The number of amides is 1. The minimum atomic E-state index is -1.91. The van der Waals surface area contributed by atoms with Crippen molar-refractivity contribution in [1.29, 1.82) is 0 Å². The lowest BCUT2D eigenvalue weighted by atomic mass is 9.56. The fourth-order valence-corrected chi connectivity index (χ4v) is 9.59. The monoisotopic (exact) mass is 823 g/mol. The minimum absolute atomic E-state index is 0.0130. The van der Waals surface area contributed by atoms with Crippen LogP contribution in [0.4, 0.5) is 0 Å². The highest BCUT2D eigenvalue weighted by molar-refractivity contribution is 5.95. The van der Waals surface area contributed by atoms with Gasteiger partial charge in [0.1, 0.15) is 12.2 Å². The van der Waals surface area contributed by atoms with E-state index in [1.165, 1.54) is 13.8 Å². The van der Waals surface area contributed by atoms with Crippen LogP contribution in [0, 0.1) is 16.7 Å². The molecule has 13 nitrogen and oxygen atoms in total. The maximum Gasteiger partial charge on any atom is 0.338 e. The predicted octanol–water partition coefficient (Wildman–Crippen LogP) is 5.34. The van der Waals surface area contributed by atoms with Gasteiger partial charge in [-0.15, -0.1) is 0 Å². The Bertz CT molecular complexity index is 2150. The second-order valence-electron chi connectivity index (χ2n) is 16.8. The molecular formula is C47H53NO12. The summed E-state index contributed by atoms with van der Waals surface area (Å²) in [5, 5.41) is 38.4. The zero-order valence-electron chi connectivity index (χ0n) is 34.6. The number of nitrogens with one attached hydrogen (secondary N) is 1. The Labute approximate surface area is 349 Å². The van der Waals surface area contributed by atoms with Gasteiger partial charge in [0.15, 0.2) is 18.3 Å². The third-order valence-corrected chi connectivity index (χ3v) is 12.8. The van der Waals surface area contributed by atoms with Gasteiger partial charge in [0.25, 0.3) is 5.91 Å². The van der Waals surface area contributed by atoms with Crippen LogP contribution in [0.1, 0.15) is 93.1 Å². The molecule has 3 aliphatic rings. The van der Waals surface area contributed by atoms with Gasteiger partial charge in [-0.1, -0.05) is 80.2 Å². The molecule has 1 amide bonds. The second-order valence-corrected chi connectivity index (χ2v) is 16.8. The highest BCUT2D eigenvalue weighted by atomic mass is 16.6. The molecule has 4 N–H and O–H groups in total. The molecule has 0 heterocycles. The molecule has 0 aliphatic heterocycles. The molecule has 0 bridgehead atoms. The molecule has 13 heteroatoms. The second kappa shape index (κ2) is 17.2. The summed E-state index contributed by atoms with van der Waals surface area (Å²) < 4.78 is 24.7. The standard InChI is InChI=1S/C47H53NO12/c1-26-33-24-47(45(5,6)56)25-35(59-44(55)39(52)38(30-17-11-8-12-18-30)48-42(53)31-19-13-9-14-20-31)27(2)37(47)40(60-43(54)32-21-15-10-16-22-32)41(58-29(4)50)46(33,7)36(23-34(26)51)57-28(3)49/h8-22,33-36,38-41,51-52,56H,1,23-25H2,2-7H3,(H,48,53)/t33-,34+,35+,36+,38+,39-,40-,41+,46+,47+/m1/s1. The van der Waals surface area contributed by atoms with Gasteiger partial charge in [0.05, 0.1) is 28.7 Å².